The van der Waals surface area contributed by atoms with Crippen LogP contribution in [0.3, 0.4) is 0 Å². The van der Waals surface area contributed by atoms with Crippen LogP contribution in [-0.2, 0) is 4.79 Å². The van der Waals surface area contributed by atoms with Gasteiger partial charge in [0, 0.05) is 11.3 Å². The van der Waals surface area contributed by atoms with Crippen molar-refractivity contribution in [3.63, 3.8) is 0 Å². The number of nitrogens with one attached hydrogen (secondary N) is 1. The second kappa shape index (κ2) is 4.11. The highest BCUT2D eigenvalue weighted by molar-refractivity contribution is 8.00. The van der Waals surface area contributed by atoms with E-state index in [0.717, 1.165) is 6.42 Å². The fourth-order valence-corrected chi connectivity index (χ4v) is 2.70. The van der Waals surface area contributed by atoms with Crippen LogP contribution in [0.25, 0.3) is 0 Å². The number of carbonyl (C=O) groups is 1. The minimum Gasteiger partial charge on any atom is -0.381 e. The number of hydrogen-bond donors (Lipinski definition) is 2. The van der Waals surface area contributed by atoms with E-state index in [0.29, 0.717) is 6.54 Å². The van der Waals surface area contributed by atoms with Crippen molar-refractivity contribution >= 4 is 17.7 Å². The molecule has 3 nitrogen and oxygen atoms in total. The van der Waals surface area contributed by atoms with Crippen molar-refractivity contribution in [2.75, 3.05) is 12.3 Å². The molecule has 1 unspecified atom stereocenters. The third kappa shape index (κ3) is 3.17. The Morgan fingerprint density at radius 3 is 2.71 bits per heavy atom. The van der Waals surface area contributed by atoms with E-state index in [9.17, 15) is 9.90 Å². The van der Waals surface area contributed by atoms with Crippen molar-refractivity contribution in [2.24, 2.45) is 0 Å². The summed E-state index contributed by atoms with van der Waals surface area (Å²) in [5, 5.41) is 12.2. The summed E-state index contributed by atoms with van der Waals surface area (Å²) in [5.74, 6) is 0.890. The van der Waals surface area contributed by atoms with E-state index in [-0.39, 0.29) is 10.7 Å². The Balaban J connectivity index is 2.37. The Morgan fingerprint density at radius 2 is 2.29 bits per heavy atom. The topological polar surface area (TPSA) is 49.3 Å². The van der Waals surface area contributed by atoms with Gasteiger partial charge in [0.25, 0.3) is 5.91 Å². The minimum absolute atomic E-state index is 0.168. The summed E-state index contributed by atoms with van der Waals surface area (Å²) in [6.07, 6.45) is 2.36. The molecule has 0 bridgehead atoms. The van der Waals surface area contributed by atoms with E-state index in [1.165, 1.54) is 26.0 Å². The molecule has 0 radical (unpaired) electrons. The highest BCUT2D eigenvalue weighted by Crippen LogP contribution is 2.36. The Bertz CT molecular complexity index is 217. The molecule has 0 saturated carbocycles. The van der Waals surface area contributed by atoms with Gasteiger partial charge < -0.3 is 10.4 Å². The normalized spacial score (nSPS) is 27.7. The van der Waals surface area contributed by atoms with Gasteiger partial charge in [0.15, 0.2) is 0 Å². The molecule has 1 fully saturated rings. The second-order valence-electron chi connectivity index (χ2n) is 4.64. The van der Waals surface area contributed by atoms with Crippen LogP contribution in [0.15, 0.2) is 0 Å². The van der Waals surface area contributed by atoms with Crippen molar-refractivity contribution < 1.29 is 9.90 Å². The van der Waals surface area contributed by atoms with Crippen molar-refractivity contribution in [2.45, 2.75) is 44.0 Å². The number of carbonyl (C=O) groups excluding carboxylic acids is 1. The predicted octanol–water partition coefficient (Wildman–Crippen LogP) is 1.16. The van der Waals surface area contributed by atoms with Gasteiger partial charge in [-0.05, 0) is 39.4 Å². The van der Waals surface area contributed by atoms with Crippen LogP contribution in [0.5, 0.6) is 0 Å². The summed E-state index contributed by atoms with van der Waals surface area (Å²) < 4.78 is 0.168. The molecule has 0 spiro atoms. The van der Waals surface area contributed by atoms with Crippen LogP contribution in [-0.4, -0.2) is 33.7 Å². The first-order valence-electron chi connectivity index (χ1n) is 4.98. The molecule has 0 aromatic rings. The zero-order chi connectivity index (χ0) is 10.8. The maximum Gasteiger partial charge on any atom is 0.251 e. The number of rotatable bonds is 3. The molecule has 1 amide bonds. The zero-order valence-corrected chi connectivity index (χ0v) is 9.91. The van der Waals surface area contributed by atoms with Gasteiger partial charge >= 0.3 is 0 Å². The Kier molecular flexibility index (Phi) is 3.48. The van der Waals surface area contributed by atoms with E-state index >= 15 is 0 Å². The summed E-state index contributed by atoms with van der Waals surface area (Å²) in [7, 11) is 0. The second-order valence-corrected chi connectivity index (χ2v) is 6.33. The van der Waals surface area contributed by atoms with E-state index in [1.807, 2.05) is 11.8 Å². The largest absolute Gasteiger partial charge is 0.381 e. The molecule has 0 aliphatic carbocycles. The van der Waals surface area contributed by atoms with Crippen LogP contribution < -0.4 is 5.32 Å². The Hall–Kier alpha value is -0.220. The Morgan fingerprint density at radius 1 is 1.64 bits per heavy atom. The molecule has 14 heavy (non-hydrogen) atoms. The number of aliphatic hydroxyl groups is 1. The predicted molar refractivity (Wildman–Crippen MR) is 59.4 cm³/mol. The summed E-state index contributed by atoms with van der Waals surface area (Å²) >= 11 is 1.90. The van der Waals surface area contributed by atoms with E-state index < -0.39 is 5.60 Å². The van der Waals surface area contributed by atoms with E-state index in [4.69, 9.17) is 0 Å². The quantitative estimate of drug-likeness (QED) is 0.746. The monoisotopic (exact) mass is 217 g/mol. The zero-order valence-electron chi connectivity index (χ0n) is 9.09. The third-order valence-electron chi connectivity index (χ3n) is 2.48. The first-order chi connectivity index (χ1) is 6.33. The molecular weight excluding hydrogens is 198 g/mol. The molecule has 1 aliphatic heterocycles. The van der Waals surface area contributed by atoms with Gasteiger partial charge in [-0.3, -0.25) is 4.79 Å². The molecule has 4 heteroatoms. The van der Waals surface area contributed by atoms with Crippen molar-refractivity contribution in [1.29, 1.82) is 0 Å². The number of amides is 1. The van der Waals surface area contributed by atoms with Crippen molar-refractivity contribution in [3.05, 3.63) is 0 Å². The summed E-state index contributed by atoms with van der Waals surface area (Å²) in [6, 6.07) is 0. The van der Waals surface area contributed by atoms with E-state index in [2.05, 4.69) is 12.2 Å². The van der Waals surface area contributed by atoms with Crippen LogP contribution in [0.4, 0.5) is 0 Å². The maximum atomic E-state index is 11.4. The molecule has 2 N–H and O–H groups in total. The lowest BCUT2D eigenvalue weighted by atomic mass is 10.0. The van der Waals surface area contributed by atoms with Gasteiger partial charge in [-0.1, -0.05) is 0 Å². The summed E-state index contributed by atoms with van der Waals surface area (Å²) in [6.45, 7) is 5.83. The van der Waals surface area contributed by atoms with Gasteiger partial charge in [-0.25, -0.2) is 0 Å². The van der Waals surface area contributed by atoms with Crippen LogP contribution >= 0.6 is 11.8 Å². The van der Waals surface area contributed by atoms with Crippen molar-refractivity contribution in [3.8, 4) is 0 Å². The molecule has 0 aromatic carbocycles. The maximum absolute atomic E-state index is 11.4. The number of thioether (sulfide) groups is 1. The molecule has 1 atom stereocenters. The lowest BCUT2D eigenvalue weighted by Gasteiger charge is -2.25. The van der Waals surface area contributed by atoms with Crippen LogP contribution in [0, 0.1) is 0 Å². The highest BCUT2D eigenvalue weighted by atomic mass is 32.2. The first kappa shape index (κ1) is 11.9. The molecule has 1 aliphatic rings. The first-order valence-corrected chi connectivity index (χ1v) is 5.97. The summed E-state index contributed by atoms with van der Waals surface area (Å²) in [5.41, 5.74) is -1.26. The Labute approximate surface area is 89.6 Å². The van der Waals surface area contributed by atoms with Crippen LogP contribution in [0.2, 0.25) is 0 Å². The fourth-order valence-electron chi connectivity index (χ4n) is 1.46. The van der Waals surface area contributed by atoms with E-state index in [1.54, 1.807) is 0 Å². The van der Waals surface area contributed by atoms with Gasteiger partial charge in [0.05, 0.1) is 0 Å². The fraction of sp³-hybridized carbons (Fsp3) is 0.900. The lowest BCUT2D eigenvalue weighted by molar-refractivity contribution is -0.136. The van der Waals surface area contributed by atoms with Gasteiger partial charge in [0.2, 0.25) is 0 Å². The molecule has 1 heterocycles. The molecule has 1 rings (SSSR count). The smallest absolute Gasteiger partial charge is 0.251 e. The SMILES string of the molecule is CC1(CNC(=O)C(C)(C)O)CCCS1. The van der Waals surface area contributed by atoms with Gasteiger partial charge in [0.1, 0.15) is 5.60 Å². The minimum atomic E-state index is -1.26. The van der Waals surface area contributed by atoms with Gasteiger partial charge in [-0.2, -0.15) is 11.8 Å². The van der Waals surface area contributed by atoms with Gasteiger partial charge in [-0.15, -0.1) is 0 Å². The van der Waals surface area contributed by atoms with Crippen LogP contribution in [0.1, 0.15) is 33.6 Å². The molecule has 1 saturated heterocycles. The van der Waals surface area contributed by atoms with Crippen molar-refractivity contribution in [1.82, 2.24) is 5.32 Å². The molecule has 0 aromatic heterocycles. The lowest BCUT2D eigenvalue weighted by Crippen LogP contribution is -2.46. The highest BCUT2D eigenvalue weighted by Gasteiger charge is 2.32. The summed E-state index contributed by atoms with van der Waals surface area (Å²) in [4.78, 5) is 11.4. The standard InChI is InChI=1S/C10H19NO2S/c1-9(2,13)8(12)11-7-10(3)5-4-6-14-10/h13H,4-7H2,1-3H3,(H,11,12). The third-order valence-corrected chi connectivity index (χ3v) is 4.02. The number of hydrogen-bond acceptors (Lipinski definition) is 3. The average molecular weight is 217 g/mol. The average Bonchev–Trinajstić information content (AvgIpc) is 2.47. The molecular formula is C10H19NO2S. The molecule has 82 valence electrons.